The van der Waals surface area contributed by atoms with Crippen molar-refractivity contribution in [2.45, 2.75) is 0 Å². The largest absolute Gasteiger partial charge is 0.493 e. The van der Waals surface area contributed by atoms with Gasteiger partial charge < -0.3 is 9.47 Å². The first-order chi connectivity index (χ1) is 18.6. The second kappa shape index (κ2) is 9.33. The molecule has 8 heteroatoms. The van der Waals surface area contributed by atoms with Crippen LogP contribution in [-0.4, -0.2) is 33.9 Å². The van der Waals surface area contributed by atoms with Gasteiger partial charge in [0.1, 0.15) is 5.69 Å². The number of methoxy groups -OCH3 is 2. The molecule has 0 unspecified atom stereocenters. The van der Waals surface area contributed by atoms with Gasteiger partial charge in [0.2, 0.25) is 0 Å². The van der Waals surface area contributed by atoms with Crippen LogP contribution in [0.1, 0.15) is 0 Å². The molecule has 0 saturated carbocycles. The fourth-order valence-electron chi connectivity index (χ4n) is 4.72. The van der Waals surface area contributed by atoms with Gasteiger partial charge in [-0.05, 0) is 36.4 Å². The van der Waals surface area contributed by atoms with Crippen LogP contribution in [0.4, 0.5) is 5.69 Å². The predicted octanol–water partition coefficient (Wildman–Crippen LogP) is 6.83. The predicted molar refractivity (Wildman–Crippen MR) is 147 cm³/mol. The van der Waals surface area contributed by atoms with Gasteiger partial charge in [-0.15, -0.1) is 0 Å². The summed E-state index contributed by atoms with van der Waals surface area (Å²) in [6.07, 6.45) is 0. The van der Waals surface area contributed by atoms with Crippen LogP contribution in [0, 0.1) is 10.1 Å². The van der Waals surface area contributed by atoms with Crippen LogP contribution in [-0.2, 0) is 0 Å². The Bertz CT molecular complexity index is 1800. The molecule has 6 aromatic rings. The van der Waals surface area contributed by atoms with Crippen LogP contribution in [0.2, 0.25) is 0 Å². The first-order valence-electron chi connectivity index (χ1n) is 11.9. The average molecular weight is 503 g/mol. The van der Waals surface area contributed by atoms with Gasteiger partial charge in [-0.3, -0.25) is 10.1 Å². The zero-order chi connectivity index (χ0) is 26.2. The van der Waals surface area contributed by atoms with Gasteiger partial charge in [-0.25, -0.2) is 9.67 Å². The molecule has 0 aliphatic carbocycles. The molecule has 0 radical (unpaired) electrons. The number of pyridine rings is 1. The molecule has 0 saturated heterocycles. The molecule has 4 aromatic carbocycles. The SMILES string of the molecule is COc1cc2c(-c3ccc([N+](=O)[O-])cc3)nc3c(c(-c4ccccc4)nn3-c3ccccc3)c2cc1OC. The quantitative estimate of drug-likeness (QED) is 0.183. The van der Waals surface area contributed by atoms with E-state index in [1.54, 1.807) is 26.4 Å². The summed E-state index contributed by atoms with van der Waals surface area (Å²) in [7, 11) is 3.19. The Labute approximate surface area is 217 Å². The van der Waals surface area contributed by atoms with Crippen LogP contribution in [0.25, 0.3) is 50.0 Å². The third-order valence-corrected chi connectivity index (χ3v) is 6.53. The van der Waals surface area contributed by atoms with E-state index in [0.29, 0.717) is 22.8 Å². The summed E-state index contributed by atoms with van der Waals surface area (Å²) in [6, 6.07) is 30.0. The number of nitrogens with zero attached hydrogens (tertiary/aromatic N) is 4. The van der Waals surface area contributed by atoms with Crippen LogP contribution in [0.15, 0.2) is 97.1 Å². The minimum absolute atomic E-state index is 0.0130. The standard InChI is InChI=1S/C30H22N4O4/c1-37-25-17-23-24(18-26(25)38-2)28(20-13-15-22(16-14-20)34(35)36)31-30-27(23)29(19-9-5-3-6-10-19)32-33(30)21-11-7-4-8-12-21/h3-18H,1-2H3. The molecule has 2 heterocycles. The average Bonchev–Trinajstić information content (AvgIpc) is 3.36. The third kappa shape index (κ3) is 3.79. The number of fused-ring (bicyclic) bond motifs is 3. The van der Waals surface area contributed by atoms with Crippen LogP contribution >= 0.6 is 0 Å². The lowest BCUT2D eigenvalue weighted by Gasteiger charge is -2.14. The number of rotatable bonds is 6. The summed E-state index contributed by atoms with van der Waals surface area (Å²) in [4.78, 5) is 16.0. The molecule has 38 heavy (non-hydrogen) atoms. The van der Waals surface area contributed by atoms with Crippen LogP contribution in [0.3, 0.4) is 0 Å². The zero-order valence-electron chi connectivity index (χ0n) is 20.7. The summed E-state index contributed by atoms with van der Waals surface area (Å²) < 4.78 is 13.1. The number of ether oxygens (including phenoxy) is 2. The number of nitro groups is 1. The van der Waals surface area contributed by atoms with Crippen LogP contribution in [0.5, 0.6) is 11.5 Å². The van der Waals surface area contributed by atoms with Gasteiger partial charge in [0.25, 0.3) is 5.69 Å². The molecule has 0 aliphatic rings. The number of non-ortho nitro benzene ring substituents is 1. The van der Waals surface area contributed by atoms with E-state index in [1.807, 2.05) is 77.5 Å². The van der Waals surface area contributed by atoms with Crippen molar-refractivity contribution in [2.24, 2.45) is 0 Å². The van der Waals surface area contributed by atoms with Crippen molar-refractivity contribution < 1.29 is 14.4 Å². The van der Waals surface area contributed by atoms with E-state index >= 15 is 0 Å². The summed E-state index contributed by atoms with van der Waals surface area (Å²) in [5.74, 6) is 1.13. The third-order valence-electron chi connectivity index (χ3n) is 6.53. The Morgan fingerprint density at radius 3 is 1.92 bits per heavy atom. The summed E-state index contributed by atoms with van der Waals surface area (Å²) in [5, 5.41) is 18.9. The maximum atomic E-state index is 11.3. The Kier molecular flexibility index (Phi) is 5.69. The van der Waals surface area contributed by atoms with Crippen LogP contribution < -0.4 is 9.47 Å². The van der Waals surface area contributed by atoms with Gasteiger partial charge in [-0.2, -0.15) is 5.10 Å². The van der Waals surface area contributed by atoms with Crippen molar-refractivity contribution in [3.8, 4) is 39.7 Å². The first kappa shape index (κ1) is 23.2. The molecule has 0 aliphatic heterocycles. The molecule has 0 N–H and O–H groups in total. The van der Waals surface area contributed by atoms with Gasteiger partial charge in [0, 0.05) is 34.0 Å². The molecular formula is C30H22N4O4. The van der Waals surface area contributed by atoms with Gasteiger partial charge in [0.15, 0.2) is 17.1 Å². The smallest absolute Gasteiger partial charge is 0.269 e. The number of para-hydroxylation sites is 1. The number of nitro benzene ring substituents is 1. The second-order valence-electron chi connectivity index (χ2n) is 8.68. The van der Waals surface area contributed by atoms with Crippen molar-refractivity contribution in [1.29, 1.82) is 0 Å². The van der Waals surface area contributed by atoms with Gasteiger partial charge in [0.05, 0.1) is 35.9 Å². The Balaban J connectivity index is 1.77. The molecule has 8 nitrogen and oxygen atoms in total. The van der Waals surface area contributed by atoms with E-state index in [-0.39, 0.29) is 5.69 Å². The first-order valence-corrected chi connectivity index (χ1v) is 11.9. The summed E-state index contributed by atoms with van der Waals surface area (Å²) >= 11 is 0. The highest BCUT2D eigenvalue weighted by Crippen LogP contribution is 2.43. The van der Waals surface area contributed by atoms with E-state index < -0.39 is 4.92 Å². The summed E-state index contributed by atoms with van der Waals surface area (Å²) in [6.45, 7) is 0. The van der Waals surface area contributed by atoms with Gasteiger partial charge >= 0.3 is 0 Å². The van der Waals surface area contributed by atoms with Gasteiger partial charge in [-0.1, -0.05) is 48.5 Å². The Morgan fingerprint density at radius 1 is 0.737 bits per heavy atom. The van der Waals surface area contributed by atoms with E-state index in [9.17, 15) is 10.1 Å². The van der Waals surface area contributed by atoms with Crippen molar-refractivity contribution in [1.82, 2.24) is 14.8 Å². The van der Waals surface area contributed by atoms with E-state index in [2.05, 4.69) is 0 Å². The second-order valence-corrected chi connectivity index (χ2v) is 8.68. The molecule has 0 bridgehead atoms. The molecule has 0 atom stereocenters. The molecule has 2 aromatic heterocycles. The fourth-order valence-corrected chi connectivity index (χ4v) is 4.72. The van der Waals surface area contributed by atoms with Crippen molar-refractivity contribution >= 4 is 27.5 Å². The summed E-state index contributed by atoms with van der Waals surface area (Å²) in [5.41, 5.74) is 4.65. The maximum absolute atomic E-state index is 11.3. The molecule has 0 amide bonds. The Hall–Kier alpha value is -5.24. The maximum Gasteiger partial charge on any atom is 0.269 e. The van der Waals surface area contributed by atoms with E-state index in [4.69, 9.17) is 19.6 Å². The molecular weight excluding hydrogens is 480 g/mol. The lowest BCUT2D eigenvalue weighted by Crippen LogP contribution is -1.99. The lowest BCUT2D eigenvalue weighted by molar-refractivity contribution is -0.384. The molecule has 186 valence electrons. The van der Waals surface area contributed by atoms with Crippen molar-refractivity contribution in [2.75, 3.05) is 14.2 Å². The molecule has 0 fully saturated rings. The number of benzene rings is 4. The lowest BCUT2D eigenvalue weighted by atomic mass is 9.98. The topological polar surface area (TPSA) is 92.3 Å². The highest BCUT2D eigenvalue weighted by atomic mass is 16.6. The van der Waals surface area contributed by atoms with Crippen molar-refractivity contribution in [3.63, 3.8) is 0 Å². The molecule has 6 rings (SSSR count). The normalized spacial score (nSPS) is 11.1. The van der Waals surface area contributed by atoms with E-state index in [0.717, 1.165) is 38.7 Å². The number of hydrogen-bond acceptors (Lipinski definition) is 6. The number of hydrogen-bond donors (Lipinski definition) is 0. The Morgan fingerprint density at radius 2 is 1.32 bits per heavy atom. The fraction of sp³-hybridized carbons (Fsp3) is 0.0667. The number of aromatic nitrogens is 3. The highest BCUT2D eigenvalue weighted by Gasteiger charge is 2.23. The minimum Gasteiger partial charge on any atom is -0.493 e. The van der Waals surface area contributed by atoms with Crippen molar-refractivity contribution in [3.05, 3.63) is 107 Å². The monoisotopic (exact) mass is 502 g/mol. The molecule has 0 spiro atoms. The van der Waals surface area contributed by atoms with E-state index in [1.165, 1.54) is 12.1 Å². The minimum atomic E-state index is -0.414. The highest BCUT2D eigenvalue weighted by molar-refractivity contribution is 6.16. The zero-order valence-corrected chi connectivity index (χ0v) is 20.7.